The topological polar surface area (TPSA) is 84.8 Å². The third-order valence-corrected chi connectivity index (χ3v) is 6.41. The second kappa shape index (κ2) is 11.3. The molecule has 0 bridgehead atoms. The Balaban J connectivity index is 1.27. The molecule has 1 atom stereocenters. The fourth-order valence-corrected chi connectivity index (χ4v) is 4.62. The zero-order valence-electron chi connectivity index (χ0n) is 19.0. The van der Waals surface area contributed by atoms with E-state index in [0.29, 0.717) is 0 Å². The van der Waals surface area contributed by atoms with E-state index in [4.69, 9.17) is 5.11 Å². The number of nitrogens with one attached hydrogen (secondary N) is 1. The number of unbranched alkanes of at least 4 members (excludes halogenated alkanes) is 1. The fraction of sp³-hybridized carbons (Fsp3) is 0.542. The minimum absolute atomic E-state index is 0.205. The number of hydrogen-bond acceptors (Lipinski definition) is 7. The SMILES string of the molecule is O=C(O)CCCCN1CCN(c2cc(N[C@@H]3CCCN(c4cccc(F)c4)C3)ncn2)CC1. The number of carboxylic acids is 1. The Bertz CT molecular complexity index is 921. The molecule has 8 nitrogen and oxygen atoms in total. The smallest absolute Gasteiger partial charge is 0.303 e. The normalized spacial score (nSPS) is 19.5. The van der Waals surface area contributed by atoms with Crippen LogP contribution in [0, 0.1) is 5.82 Å². The summed E-state index contributed by atoms with van der Waals surface area (Å²) >= 11 is 0. The summed E-state index contributed by atoms with van der Waals surface area (Å²) in [5.74, 6) is 0.823. The average Bonchev–Trinajstić information content (AvgIpc) is 2.82. The molecule has 0 saturated carbocycles. The van der Waals surface area contributed by atoms with Gasteiger partial charge in [0.1, 0.15) is 23.8 Å². The number of nitrogens with zero attached hydrogens (tertiary/aromatic N) is 5. The Kier molecular flexibility index (Phi) is 7.93. The van der Waals surface area contributed by atoms with Crippen molar-refractivity contribution in [1.82, 2.24) is 14.9 Å². The Morgan fingerprint density at radius 3 is 2.73 bits per heavy atom. The lowest BCUT2D eigenvalue weighted by molar-refractivity contribution is -0.137. The summed E-state index contributed by atoms with van der Waals surface area (Å²) in [6.45, 7) is 6.37. The van der Waals surface area contributed by atoms with Crippen molar-refractivity contribution in [3.05, 3.63) is 42.5 Å². The first-order valence-electron chi connectivity index (χ1n) is 11.8. The average molecular weight is 457 g/mol. The molecule has 2 aliphatic rings. The number of anilines is 3. The molecule has 0 radical (unpaired) electrons. The zero-order chi connectivity index (χ0) is 23.0. The first kappa shape index (κ1) is 23.2. The maximum atomic E-state index is 13.6. The lowest BCUT2D eigenvalue weighted by Crippen LogP contribution is -2.47. The van der Waals surface area contributed by atoms with Gasteiger partial charge in [-0.2, -0.15) is 0 Å². The van der Waals surface area contributed by atoms with Gasteiger partial charge in [0.2, 0.25) is 0 Å². The number of hydrogen-bond donors (Lipinski definition) is 2. The summed E-state index contributed by atoms with van der Waals surface area (Å²) < 4.78 is 13.6. The van der Waals surface area contributed by atoms with Crippen molar-refractivity contribution in [2.45, 2.75) is 38.1 Å². The molecule has 1 aromatic carbocycles. The largest absolute Gasteiger partial charge is 0.481 e. The van der Waals surface area contributed by atoms with Crippen molar-refractivity contribution >= 4 is 23.3 Å². The molecule has 2 aromatic rings. The Morgan fingerprint density at radius 2 is 1.94 bits per heavy atom. The van der Waals surface area contributed by atoms with Gasteiger partial charge in [-0.05, 0) is 50.4 Å². The minimum Gasteiger partial charge on any atom is -0.481 e. The fourth-order valence-electron chi connectivity index (χ4n) is 4.62. The number of carboxylic acid groups (broad SMARTS) is 1. The highest BCUT2D eigenvalue weighted by Crippen LogP contribution is 2.23. The van der Waals surface area contributed by atoms with E-state index in [1.165, 1.54) is 6.07 Å². The maximum Gasteiger partial charge on any atom is 0.303 e. The second-order valence-corrected chi connectivity index (χ2v) is 8.85. The van der Waals surface area contributed by atoms with Crippen molar-refractivity contribution in [1.29, 1.82) is 0 Å². The number of halogens is 1. The third-order valence-electron chi connectivity index (χ3n) is 6.41. The summed E-state index contributed by atoms with van der Waals surface area (Å²) in [5, 5.41) is 12.3. The van der Waals surface area contributed by atoms with Crippen molar-refractivity contribution in [2.75, 3.05) is 60.9 Å². The van der Waals surface area contributed by atoms with Crippen LogP contribution in [0.3, 0.4) is 0 Å². The molecule has 1 aromatic heterocycles. The predicted octanol–water partition coefficient (Wildman–Crippen LogP) is 3.07. The van der Waals surface area contributed by atoms with Crippen LogP contribution in [-0.2, 0) is 4.79 Å². The van der Waals surface area contributed by atoms with Crippen LogP contribution in [0.15, 0.2) is 36.7 Å². The van der Waals surface area contributed by atoms with Gasteiger partial charge in [0.25, 0.3) is 0 Å². The first-order chi connectivity index (χ1) is 16.1. The molecule has 2 fully saturated rings. The molecule has 2 N–H and O–H groups in total. The summed E-state index contributed by atoms with van der Waals surface area (Å²) in [7, 11) is 0. The number of rotatable bonds is 9. The van der Waals surface area contributed by atoms with Gasteiger partial charge in [0, 0.05) is 63.5 Å². The Morgan fingerprint density at radius 1 is 1.09 bits per heavy atom. The molecule has 178 valence electrons. The molecule has 0 amide bonds. The Hall–Kier alpha value is -2.94. The maximum absolute atomic E-state index is 13.6. The van der Waals surface area contributed by atoms with E-state index in [0.717, 1.165) is 88.8 Å². The molecule has 2 saturated heterocycles. The highest BCUT2D eigenvalue weighted by molar-refractivity contribution is 5.66. The van der Waals surface area contributed by atoms with Crippen LogP contribution >= 0.6 is 0 Å². The summed E-state index contributed by atoms with van der Waals surface area (Å²) in [6, 6.07) is 9.05. The zero-order valence-corrected chi connectivity index (χ0v) is 19.0. The second-order valence-electron chi connectivity index (χ2n) is 8.85. The monoisotopic (exact) mass is 456 g/mol. The first-order valence-corrected chi connectivity index (χ1v) is 11.8. The van der Waals surface area contributed by atoms with Crippen LogP contribution in [0.25, 0.3) is 0 Å². The summed E-state index contributed by atoms with van der Waals surface area (Å²) in [4.78, 5) is 26.5. The molecule has 33 heavy (non-hydrogen) atoms. The van der Waals surface area contributed by atoms with Crippen molar-refractivity contribution in [2.24, 2.45) is 0 Å². The lowest BCUT2D eigenvalue weighted by Gasteiger charge is -2.36. The molecular formula is C24H33FN6O2. The number of piperidine rings is 1. The highest BCUT2D eigenvalue weighted by atomic mass is 19.1. The molecule has 9 heteroatoms. The van der Waals surface area contributed by atoms with E-state index >= 15 is 0 Å². The predicted molar refractivity (Wildman–Crippen MR) is 127 cm³/mol. The summed E-state index contributed by atoms with van der Waals surface area (Å²) in [5.41, 5.74) is 0.922. The number of aromatic nitrogens is 2. The van der Waals surface area contributed by atoms with Crippen LogP contribution in [0.2, 0.25) is 0 Å². The van der Waals surface area contributed by atoms with E-state index in [1.807, 2.05) is 12.1 Å². The lowest BCUT2D eigenvalue weighted by atomic mass is 10.0. The van der Waals surface area contributed by atoms with Crippen LogP contribution in [0.4, 0.5) is 21.7 Å². The molecule has 2 aliphatic heterocycles. The number of piperazine rings is 1. The van der Waals surface area contributed by atoms with Gasteiger partial charge in [0.05, 0.1) is 0 Å². The van der Waals surface area contributed by atoms with Crippen LogP contribution in [0.5, 0.6) is 0 Å². The molecule has 0 unspecified atom stereocenters. The van der Waals surface area contributed by atoms with Crippen molar-refractivity contribution in [3.63, 3.8) is 0 Å². The van der Waals surface area contributed by atoms with Gasteiger partial charge in [-0.1, -0.05) is 6.07 Å². The molecule has 0 spiro atoms. The standard InChI is InChI=1S/C24H33FN6O2/c25-19-5-3-7-21(15-19)31-10-4-6-20(17-31)28-22-16-23(27-18-26-22)30-13-11-29(12-14-30)9-2-1-8-24(32)33/h3,5,7,15-16,18,20H,1-2,4,6,8-14,17H2,(H,32,33)(H,26,27,28)/t20-/m1/s1. The van der Waals surface area contributed by atoms with E-state index < -0.39 is 5.97 Å². The number of aliphatic carboxylic acids is 1. The van der Waals surface area contributed by atoms with Crippen LogP contribution in [0.1, 0.15) is 32.1 Å². The van der Waals surface area contributed by atoms with Gasteiger partial charge >= 0.3 is 5.97 Å². The van der Waals surface area contributed by atoms with Crippen LogP contribution in [-0.4, -0.2) is 77.8 Å². The van der Waals surface area contributed by atoms with Gasteiger partial charge in [-0.25, -0.2) is 14.4 Å². The molecule has 3 heterocycles. The van der Waals surface area contributed by atoms with Gasteiger partial charge in [-0.15, -0.1) is 0 Å². The Labute approximate surface area is 194 Å². The van der Waals surface area contributed by atoms with E-state index in [2.05, 4.69) is 30.0 Å². The third kappa shape index (κ3) is 6.77. The number of benzene rings is 1. The van der Waals surface area contributed by atoms with E-state index in [9.17, 15) is 9.18 Å². The van der Waals surface area contributed by atoms with Crippen molar-refractivity contribution in [3.8, 4) is 0 Å². The molecule has 4 rings (SSSR count). The van der Waals surface area contributed by atoms with Crippen molar-refractivity contribution < 1.29 is 14.3 Å². The summed E-state index contributed by atoms with van der Waals surface area (Å²) in [6.07, 6.45) is 5.60. The van der Waals surface area contributed by atoms with Gasteiger partial charge in [0.15, 0.2) is 0 Å². The van der Waals surface area contributed by atoms with Gasteiger partial charge < -0.3 is 20.2 Å². The number of carbonyl (C=O) groups is 1. The van der Waals surface area contributed by atoms with E-state index in [-0.39, 0.29) is 18.3 Å². The van der Waals surface area contributed by atoms with E-state index in [1.54, 1.807) is 18.5 Å². The highest BCUT2D eigenvalue weighted by Gasteiger charge is 2.22. The quantitative estimate of drug-likeness (QED) is 0.557. The molecule has 0 aliphatic carbocycles. The van der Waals surface area contributed by atoms with Crippen LogP contribution < -0.4 is 15.1 Å². The minimum atomic E-state index is -0.720. The van der Waals surface area contributed by atoms with Gasteiger partial charge in [-0.3, -0.25) is 9.69 Å². The molecular weight excluding hydrogens is 423 g/mol.